The van der Waals surface area contributed by atoms with Gasteiger partial charge in [0.2, 0.25) is 0 Å². The van der Waals surface area contributed by atoms with Crippen molar-refractivity contribution in [2.75, 3.05) is 11.9 Å². The van der Waals surface area contributed by atoms with Crippen molar-refractivity contribution in [1.29, 1.82) is 0 Å². The summed E-state index contributed by atoms with van der Waals surface area (Å²) in [6, 6.07) is 11.4. The van der Waals surface area contributed by atoms with E-state index in [-0.39, 0.29) is 11.6 Å². The van der Waals surface area contributed by atoms with Crippen LogP contribution >= 0.6 is 0 Å². The highest BCUT2D eigenvalue weighted by Crippen LogP contribution is 2.16. The lowest BCUT2D eigenvalue weighted by molar-refractivity contribution is 0.104. The minimum absolute atomic E-state index is 0.135. The molecule has 2 aromatic rings. The van der Waals surface area contributed by atoms with Gasteiger partial charge in [-0.25, -0.2) is 4.39 Å². The number of ketones is 1. The van der Waals surface area contributed by atoms with Gasteiger partial charge in [0, 0.05) is 23.5 Å². The minimum Gasteiger partial charge on any atom is -0.494 e. The van der Waals surface area contributed by atoms with Gasteiger partial charge in [0.05, 0.1) is 6.61 Å². The number of ether oxygens (including phenoxy) is 1. The summed E-state index contributed by atoms with van der Waals surface area (Å²) in [5, 5.41) is 2.92. The number of benzene rings is 2. The largest absolute Gasteiger partial charge is 0.494 e. The van der Waals surface area contributed by atoms with Crippen LogP contribution in [0.3, 0.4) is 0 Å². The average molecular weight is 299 g/mol. The van der Waals surface area contributed by atoms with Crippen LogP contribution in [0.5, 0.6) is 5.75 Å². The number of hydrogen-bond donors (Lipinski definition) is 1. The van der Waals surface area contributed by atoms with E-state index < -0.39 is 0 Å². The Morgan fingerprint density at radius 3 is 2.64 bits per heavy atom. The summed E-state index contributed by atoms with van der Waals surface area (Å²) < 4.78 is 18.5. The van der Waals surface area contributed by atoms with Crippen molar-refractivity contribution >= 4 is 11.5 Å². The molecule has 0 saturated heterocycles. The van der Waals surface area contributed by atoms with Crippen molar-refractivity contribution in [3.05, 3.63) is 71.7 Å². The molecule has 0 fully saturated rings. The molecule has 0 saturated carbocycles. The predicted molar refractivity (Wildman–Crippen MR) is 85.8 cm³/mol. The number of carbonyl (C=O) groups is 1. The number of anilines is 1. The lowest BCUT2D eigenvalue weighted by Gasteiger charge is -2.05. The fourth-order valence-electron chi connectivity index (χ4n) is 1.94. The number of nitrogens with one attached hydrogen (secondary N) is 1. The van der Waals surface area contributed by atoms with Gasteiger partial charge in [-0.1, -0.05) is 6.07 Å². The van der Waals surface area contributed by atoms with Gasteiger partial charge in [-0.3, -0.25) is 4.79 Å². The third-order valence-electron chi connectivity index (χ3n) is 3.12. The minimum atomic E-state index is -0.320. The molecule has 0 amide bonds. The number of halogens is 1. The standard InChI is InChI=1S/C18H18FNO2/c1-3-22-16-8-5-14(6-9-16)18(21)10-11-20-17-12-15(19)7-4-13(17)2/h4-12,20H,3H2,1-2H3/b11-10+. The van der Waals surface area contributed by atoms with E-state index in [0.717, 1.165) is 11.3 Å². The molecule has 2 aromatic carbocycles. The highest BCUT2D eigenvalue weighted by molar-refractivity contribution is 6.04. The fraction of sp³-hybridized carbons (Fsp3) is 0.167. The Kier molecular flexibility index (Phi) is 5.31. The van der Waals surface area contributed by atoms with Gasteiger partial charge in [-0.15, -0.1) is 0 Å². The summed E-state index contributed by atoms with van der Waals surface area (Å²) in [6.07, 6.45) is 2.93. The first-order chi connectivity index (χ1) is 10.6. The summed E-state index contributed by atoms with van der Waals surface area (Å²) in [5.74, 6) is 0.278. The first-order valence-electron chi connectivity index (χ1n) is 7.06. The van der Waals surface area contributed by atoms with Crippen LogP contribution in [0.2, 0.25) is 0 Å². The molecule has 1 N–H and O–H groups in total. The monoisotopic (exact) mass is 299 g/mol. The summed E-state index contributed by atoms with van der Waals surface area (Å²) in [7, 11) is 0. The Labute approximate surface area is 129 Å². The van der Waals surface area contributed by atoms with Crippen molar-refractivity contribution in [2.24, 2.45) is 0 Å². The highest BCUT2D eigenvalue weighted by atomic mass is 19.1. The van der Waals surface area contributed by atoms with Gasteiger partial charge in [0.15, 0.2) is 5.78 Å². The Morgan fingerprint density at radius 2 is 1.95 bits per heavy atom. The molecule has 4 heteroatoms. The molecule has 0 aliphatic rings. The molecule has 0 spiro atoms. The molecule has 22 heavy (non-hydrogen) atoms. The topological polar surface area (TPSA) is 38.3 Å². The second-order valence-electron chi connectivity index (χ2n) is 4.76. The van der Waals surface area contributed by atoms with Gasteiger partial charge in [-0.05, 0) is 55.8 Å². The smallest absolute Gasteiger partial charge is 0.187 e. The van der Waals surface area contributed by atoms with Crippen LogP contribution in [0.1, 0.15) is 22.8 Å². The van der Waals surface area contributed by atoms with E-state index in [0.29, 0.717) is 17.9 Å². The summed E-state index contributed by atoms with van der Waals surface area (Å²) in [4.78, 5) is 12.0. The van der Waals surface area contributed by atoms with E-state index in [4.69, 9.17) is 4.74 Å². The Morgan fingerprint density at radius 1 is 1.23 bits per heavy atom. The van der Waals surface area contributed by atoms with Crippen molar-refractivity contribution in [1.82, 2.24) is 0 Å². The van der Waals surface area contributed by atoms with Crippen LogP contribution in [0.4, 0.5) is 10.1 Å². The van der Waals surface area contributed by atoms with Crippen LogP contribution in [0.25, 0.3) is 0 Å². The first kappa shape index (κ1) is 15.8. The second kappa shape index (κ2) is 7.41. The van der Waals surface area contributed by atoms with Gasteiger partial charge in [0.1, 0.15) is 11.6 Å². The number of aryl methyl sites for hydroxylation is 1. The van der Waals surface area contributed by atoms with Gasteiger partial charge < -0.3 is 10.1 Å². The molecule has 0 radical (unpaired) electrons. The van der Waals surface area contributed by atoms with Crippen LogP contribution in [0.15, 0.2) is 54.7 Å². The van der Waals surface area contributed by atoms with Gasteiger partial charge in [0.25, 0.3) is 0 Å². The molecule has 0 unspecified atom stereocenters. The van der Waals surface area contributed by atoms with Crippen LogP contribution in [0, 0.1) is 12.7 Å². The maximum absolute atomic E-state index is 13.2. The summed E-state index contributed by atoms with van der Waals surface area (Å²) in [5.41, 5.74) is 2.10. The van der Waals surface area contributed by atoms with E-state index in [1.54, 1.807) is 30.3 Å². The van der Waals surface area contributed by atoms with Gasteiger partial charge in [-0.2, -0.15) is 0 Å². The number of rotatable bonds is 6. The molecule has 0 aliphatic carbocycles. The van der Waals surface area contributed by atoms with E-state index >= 15 is 0 Å². The third kappa shape index (κ3) is 4.19. The summed E-state index contributed by atoms with van der Waals surface area (Å²) >= 11 is 0. The fourth-order valence-corrected chi connectivity index (χ4v) is 1.94. The van der Waals surface area contributed by atoms with Crippen molar-refractivity contribution in [2.45, 2.75) is 13.8 Å². The number of hydrogen-bond acceptors (Lipinski definition) is 3. The first-order valence-corrected chi connectivity index (χ1v) is 7.06. The van der Waals surface area contributed by atoms with Gasteiger partial charge >= 0.3 is 0 Å². The van der Waals surface area contributed by atoms with E-state index in [1.165, 1.54) is 24.4 Å². The molecule has 0 bridgehead atoms. The Bertz CT molecular complexity index is 678. The van der Waals surface area contributed by atoms with Crippen LogP contribution in [-0.2, 0) is 0 Å². The maximum Gasteiger partial charge on any atom is 0.187 e. The average Bonchev–Trinajstić information content (AvgIpc) is 2.51. The summed E-state index contributed by atoms with van der Waals surface area (Å²) in [6.45, 7) is 4.36. The van der Waals surface area contributed by atoms with Crippen LogP contribution < -0.4 is 10.1 Å². The molecule has 0 aromatic heterocycles. The Balaban J connectivity index is 2.00. The second-order valence-corrected chi connectivity index (χ2v) is 4.76. The molecule has 0 aliphatic heterocycles. The molecule has 0 heterocycles. The lowest BCUT2D eigenvalue weighted by Crippen LogP contribution is -1.98. The molecule has 2 rings (SSSR count). The lowest BCUT2D eigenvalue weighted by atomic mass is 10.1. The molecule has 114 valence electrons. The van der Waals surface area contributed by atoms with E-state index in [2.05, 4.69) is 5.32 Å². The zero-order valence-electron chi connectivity index (χ0n) is 12.6. The van der Waals surface area contributed by atoms with Crippen LogP contribution in [-0.4, -0.2) is 12.4 Å². The van der Waals surface area contributed by atoms with Crippen molar-refractivity contribution in [3.63, 3.8) is 0 Å². The van der Waals surface area contributed by atoms with E-state index in [1.807, 2.05) is 13.8 Å². The van der Waals surface area contributed by atoms with E-state index in [9.17, 15) is 9.18 Å². The third-order valence-corrected chi connectivity index (χ3v) is 3.12. The predicted octanol–water partition coefficient (Wildman–Crippen LogP) is 4.34. The molecular formula is C18H18FNO2. The maximum atomic E-state index is 13.2. The Hall–Kier alpha value is -2.62. The number of carbonyl (C=O) groups excluding carboxylic acids is 1. The highest BCUT2D eigenvalue weighted by Gasteiger charge is 2.02. The number of allylic oxidation sites excluding steroid dienone is 1. The normalized spacial score (nSPS) is 10.7. The zero-order valence-corrected chi connectivity index (χ0v) is 12.6. The van der Waals surface area contributed by atoms with Crippen molar-refractivity contribution < 1.29 is 13.9 Å². The molecular weight excluding hydrogens is 281 g/mol. The van der Waals surface area contributed by atoms with Crippen molar-refractivity contribution in [3.8, 4) is 5.75 Å². The SMILES string of the molecule is CCOc1ccc(C(=O)/C=C/Nc2cc(F)ccc2C)cc1. The molecule has 0 atom stereocenters. The zero-order chi connectivity index (χ0) is 15.9. The quantitative estimate of drug-likeness (QED) is 0.637. The molecule has 3 nitrogen and oxygen atoms in total.